The lowest BCUT2D eigenvalue weighted by molar-refractivity contribution is 0.474. The summed E-state index contributed by atoms with van der Waals surface area (Å²) in [6.07, 6.45) is 6.73. The molecule has 6 heteroatoms. The second-order valence-corrected chi connectivity index (χ2v) is 5.42. The maximum atomic E-state index is 13.8. The van der Waals surface area contributed by atoms with Gasteiger partial charge in [0, 0.05) is 24.0 Å². The number of benzene rings is 1. The number of nitrogens with zero attached hydrogens (tertiary/aromatic N) is 3. The lowest BCUT2D eigenvalue weighted by atomic mass is 10.2. The number of hydrogen-bond donors (Lipinski definition) is 0. The second-order valence-electron chi connectivity index (χ2n) is 4.64. The Hall–Kier alpha value is -2.91. The van der Waals surface area contributed by atoms with Crippen molar-refractivity contribution in [2.24, 2.45) is 0 Å². The Morgan fingerprint density at radius 3 is 2.79 bits per heavy atom. The smallest absolute Gasteiger partial charge is 0.188 e. The standard InChI is InChI=1S/C18H12FN3OS/c1-24-18-21-8-6-15(22-18)5-4-13-9-14(19)11-17(10-13)23-16-3-2-7-20-12-16/h2-3,6-12H,1H3. The fourth-order valence-electron chi connectivity index (χ4n) is 1.88. The van der Waals surface area contributed by atoms with Gasteiger partial charge in [-0.1, -0.05) is 17.7 Å². The monoisotopic (exact) mass is 337 g/mol. The summed E-state index contributed by atoms with van der Waals surface area (Å²) in [5.41, 5.74) is 1.08. The molecule has 1 aromatic carbocycles. The van der Waals surface area contributed by atoms with Gasteiger partial charge in [-0.05, 0) is 42.5 Å². The summed E-state index contributed by atoms with van der Waals surface area (Å²) >= 11 is 1.43. The maximum Gasteiger partial charge on any atom is 0.188 e. The molecule has 0 N–H and O–H groups in total. The molecule has 2 aromatic heterocycles. The zero-order valence-electron chi connectivity index (χ0n) is 12.7. The van der Waals surface area contributed by atoms with Gasteiger partial charge in [-0.25, -0.2) is 14.4 Å². The number of pyridine rings is 1. The highest BCUT2D eigenvalue weighted by Crippen LogP contribution is 2.22. The maximum absolute atomic E-state index is 13.8. The molecule has 0 saturated carbocycles. The molecule has 3 rings (SSSR count). The second kappa shape index (κ2) is 7.57. The van der Waals surface area contributed by atoms with E-state index in [-0.39, 0.29) is 0 Å². The van der Waals surface area contributed by atoms with E-state index < -0.39 is 5.82 Å². The summed E-state index contributed by atoms with van der Waals surface area (Å²) in [7, 11) is 0. The quantitative estimate of drug-likeness (QED) is 0.412. The molecule has 118 valence electrons. The number of hydrogen-bond acceptors (Lipinski definition) is 5. The van der Waals surface area contributed by atoms with E-state index >= 15 is 0 Å². The third-order valence-electron chi connectivity index (χ3n) is 2.89. The molecule has 0 atom stereocenters. The SMILES string of the molecule is CSc1nccc(C#Cc2cc(F)cc(Oc3cccnc3)c2)n1. The van der Waals surface area contributed by atoms with Crippen LogP contribution in [0.4, 0.5) is 4.39 Å². The van der Waals surface area contributed by atoms with Crippen molar-refractivity contribution in [2.45, 2.75) is 5.16 Å². The number of thioether (sulfide) groups is 1. The van der Waals surface area contributed by atoms with E-state index in [1.807, 2.05) is 6.26 Å². The highest BCUT2D eigenvalue weighted by Gasteiger charge is 2.02. The summed E-state index contributed by atoms with van der Waals surface area (Å²) < 4.78 is 19.4. The van der Waals surface area contributed by atoms with Gasteiger partial charge in [0.05, 0.1) is 6.20 Å². The molecule has 2 heterocycles. The van der Waals surface area contributed by atoms with Gasteiger partial charge in [0.15, 0.2) is 5.16 Å². The molecule has 0 bridgehead atoms. The summed E-state index contributed by atoms with van der Waals surface area (Å²) in [4.78, 5) is 12.3. The molecular weight excluding hydrogens is 325 g/mol. The first-order chi connectivity index (χ1) is 11.7. The molecule has 0 unspecified atom stereocenters. The summed E-state index contributed by atoms with van der Waals surface area (Å²) in [6, 6.07) is 9.51. The molecule has 0 fully saturated rings. The Bertz CT molecular complexity index is 907. The number of ether oxygens (including phenoxy) is 1. The van der Waals surface area contributed by atoms with Crippen LogP contribution in [-0.4, -0.2) is 21.2 Å². The topological polar surface area (TPSA) is 47.9 Å². The molecule has 3 aromatic rings. The average molecular weight is 337 g/mol. The summed E-state index contributed by atoms with van der Waals surface area (Å²) in [5.74, 6) is 6.27. The minimum absolute atomic E-state index is 0.361. The summed E-state index contributed by atoms with van der Waals surface area (Å²) in [6.45, 7) is 0. The van der Waals surface area contributed by atoms with E-state index in [0.717, 1.165) is 0 Å². The van der Waals surface area contributed by atoms with Crippen molar-refractivity contribution in [1.82, 2.24) is 15.0 Å². The van der Waals surface area contributed by atoms with Crippen molar-refractivity contribution in [1.29, 1.82) is 0 Å². The largest absolute Gasteiger partial charge is 0.456 e. The summed E-state index contributed by atoms with van der Waals surface area (Å²) in [5, 5.41) is 0.640. The van der Waals surface area contributed by atoms with Crippen LogP contribution in [0.2, 0.25) is 0 Å². The Labute approximate surface area is 143 Å². The van der Waals surface area contributed by atoms with Crippen molar-refractivity contribution >= 4 is 11.8 Å². The van der Waals surface area contributed by atoms with Gasteiger partial charge in [0.25, 0.3) is 0 Å². The molecule has 0 aliphatic heterocycles. The Balaban J connectivity index is 1.85. The van der Waals surface area contributed by atoms with Crippen molar-refractivity contribution in [3.8, 4) is 23.3 Å². The van der Waals surface area contributed by atoms with Crippen LogP contribution < -0.4 is 4.74 Å². The highest BCUT2D eigenvalue weighted by molar-refractivity contribution is 7.98. The first-order valence-electron chi connectivity index (χ1n) is 7.00. The Morgan fingerprint density at radius 1 is 1.08 bits per heavy atom. The van der Waals surface area contributed by atoms with Gasteiger partial charge >= 0.3 is 0 Å². The van der Waals surface area contributed by atoms with Crippen LogP contribution in [0.1, 0.15) is 11.3 Å². The van der Waals surface area contributed by atoms with E-state index in [1.54, 1.807) is 42.9 Å². The van der Waals surface area contributed by atoms with Crippen LogP contribution in [-0.2, 0) is 0 Å². The Kier molecular flexibility index (Phi) is 5.04. The molecule has 0 spiro atoms. The lowest BCUT2D eigenvalue weighted by Crippen LogP contribution is -1.90. The van der Waals surface area contributed by atoms with E-state index in [9.17, 15) is 4.39 Å². The first kappa shape index (κ1) is 16.0. The van der Waals surface area contributed by atoms with Gasteiger partial charge < -0.3 is 4.74 Å². The first-order valence-corrected chi connectivity index (χ1v) is 8.23. The predicted octanol–water partition coefficient (Wildman–Crippen LogP) is 3.92. The van der Waals surface area contributed by atoms with Crippen LogP contribution >= 0.6 is 11.8 Å². The van der Waals surface area contributed by atoms with Crippen molar-refractivity contribution in [2.75, 3.05) is 6.26 Å². The molecule has 0 saturated heterocycles. The number of halogens is 1. The van der Waals surface area contributed by atoms with Crippen molar-refractivity contribution < 1.29 is 9.13 Å². The third kappa shape index (κ3) is 4.31. The van der Waals surface area contributed by atoms with Crippen LogP contribution in [0.15, 0.2) is 60.1 Å². The highest BCUT2D eigenvalue weighted by atomic mass is 32.2. The Morgan fingerprint density at radius 2 is 2.00 bits per heavy atom. The van der Waals surface area contributed by atoms with Gasteiger partial charge in [-0.2, -0.15) is 0 Å². The van der Waals surface area contributed by atoms with Crippen molar-refractivity contribution in [3.63, 3.8) is 0 Å². The molecule has 0 amide bonds. The van der Waals surface area contributed by atoms with Gasteiger partial charge in [-0.15, -0.1) is 0 Å². The molecule has 0 aliphatic rings. The fourth-order valence-corrected chi connectivity index (χ4v) is 2.24. The minimum Gasteiger partial charge on any atom is -0.456 e. The zero-order chi connectivity index (χ0) is 16.8. The third-order valence-corrected chi connectivity index (χ3v) is 3.45. The fraction of sp³-hybridized carbons (Fsp3) is 0.0556. The van der Waals surface area contributed by atoms with Gasteiger partial charge in [0.2, 0.25) is 0 Å². The molecule has 24 heavy (non-hydrogen) atoms. The van der Waals surface area contributed by atoms with Crippen LogP contribution in [0, 0.1) is 17.7 Å². The van der Waals surface area contributed by atoms with Crippen LogP contribution in [0.5, 0.6) is 11.5 Å². The van der Waals surface area contributed by atoms with Gasteiger partial charge in [0.1, 0.15) is 23.0 Å². The van der Waals surface area contributed by atoms with Crippen LogP contribution in [0.25, 0.3) is 0 Å². The molecule has 0 aliphatic carbocycles. The predicted molar refractivity (Wildman–Crippen MR) is 90.5 cm³/mol. The zero-order valence-corrected chi connectivity index (χ0v) is 13.5. The van der Waals surface area contributed by atoms with Crippen LogP contribution in [0.3, 0.4) is 0 Å². The van der Waals surface area contributed by atoms with E-state index in [4.69, 9.17) is 4.74 Å². The van der Waals surface area contributed by atoms with Crippen molar-refractivity contribution in [3.05, 3.63) is 72.1 Å². The lowest BCUT2D eigenvalue weighted by Gasteiger charge is -2.05. The van der Waals surface area contributed by atoms with E-state index in [1.165, 1.54) is 23.9 Å². The normalized spacial score (nSPS) is 9.92. The number of aromatic nitrogens is 3. The van der Waals surface area contributed by atoms with E-state index in [2.05, 4.69) is 26.8 Å². The van der Waals surface area contributed by atoms with Gasteiger partial charge in [-0.3, -0.25) is 4.98 Å². The average Bonchev–Trinajstić information content (AvgIpc) is 2.60. The minimum atomic E-state index is -0.423. The molecule has 4 nitrogen and oxygen atoms in total. The molecule has 0 radical (unpaired) electrons. The molecular formula is C18H12FN3OS. The van der Waals surface area contributed by atoms with E-state index in [0.29, 0.717) is 27.9 Å². The number of rotatable bonds is 3.